The van der Waals surface area contributed by atoms with Gasteiger partial charge in [-0.25, -0.2) is 0 Å². The van der Waals surface area contributed by atoms with Gasteiger partial charge in [0.25, 0.3) is 0 Å². The van der Waals surface area contributed by atoms with E-state index >= 15 is 0 Å². The van der Waals surface area contributed by atoms with Crippen molar-refractivity contribution < 1.29 is 4.74 Å². The molecule has 0 aliphatic rings. The molecule has 0 aromatic heterocycles. The van der Waals surface area contributed by atoms with Crippen molar-refractivity contribution in [3.05, 3.63) is 35.9 Å². The number of nitrogens with zero attached hydrogens (tertiary/aromatic N) is 1. The minimum absolute atomic E-state index is 0.563. The van der Waals surface area contributed by atoms with E-state index < -0.39 is 0 Å². The summed E-state index contributed by atoms with van der Waals surface area (Å²) < 4.78 is 5.23. The van der Waals surface area contributed by atoms with Crippen LogP contribution in [0, 0.1) is 0 Å². The maximum atomic E-state index is 5.47. The summed E-state index contributed by atoms with van der Waals surface area (Å²) in [6.45, 7) is 2.17. The lowest BCUT2D eigenvalue weighted by Gasteiger charge is -1.98. The van der Waals surface area contributed by atoms with Crippen molar-refractivity contribution in [3.8, 4) is 0 Å². The fourth-order valence-corrected chi connectivity index (χ4v) is 1.23. The van der Waals surface area contributed by atoms with E-state index in [-0.39, 0.29) is 0 Å². The van der Waals surface area contributed by atoms with Gasteiger partial charge in [-0.2, -0.15) is 0 Å². The number of benzene rings is 1. The Hall–Kier alpha value is -0.860. The normalized spacial score (nSPS) is 11.0. The lowest BCUT2D eigenvalue weighted by atomic mass is 10.2. The average Bonchev–Trinajstić information content (AvgIpc) is 2.29. The van der Waals surface area contributed by atoms with Crippen LogP contribution in [0.4, 0.5) is 0 Å². The third kappa shape index (κ3) is 6.26. The number of rotatable bonds is 7. The van der Waals surface area contributed by atoms with Crippen LogP contribution >= 0.6 is 11.6 Å². The number of hydrogen-bond donors (Lipinski definition) is 0. The van der Waals surface area contributed by atoms with Gasteiger partial charge in [0.2, 0.25) is 0 Å². The van der Waals surface area contributed by atoms with Crippen LogP contribution in [-0.2, 0) is 4.74 Å². The highest BCUT2D eigenvalue weighted by Crippen LogP contribution is 1.94. The first kappa shape index (κ1) is 12.2. The van der Waals surface area contributed by atoms with Gasteiger partial charge in [0.1, 0.15) is 0 Å². The van der Waals surface area contributed by atoms with E-state index in [4.69, 9.17) is 16.3 Å². The topological polar surface area (TPSA) is 21.6 Å². The molecule has 1 aromatic rings. The minimum Gasteiger partial charge on any atom is -0.380 e. The Morgan fingerprint density at radius 1 is 1.20 bits per heavy atom. The zero-order chi connectivity index (χ0) is 10.8. The van der Waals surface area contributed by atoms with Gasteiger partial charge >= 0.3 is 0 Å². The highest BCUT2D eigenvalue weighted by molar-refractivity contribution is 6.17. The molecule has 0 unspecified atom stereocenters. The molecule has 0 bridgehead atoms. The predicted molar refractivity (Wildman–Crippen MR) is 65.1 cm³/mol. The van der Waals surface area contributed by atoms with E-state index in [1.165, 1.54) is 0 Å². The molecule has 0 aliphatic carbocycles. The van der Waals surface area contributed by atoms with Crippen LogP contribution < -0.4 is 0 Å². The van der Waals surface area contributed by atoms with E-state index in [1.54, 1.807) is 0 Å². The molecule has 1 aromatic carbocycles. The Labute approximate surface area is 95.9 Å². The molecule has 0 heterocycles. The quantitative estimate of drug-likeness (QED) is 0.397. The molecule has 2 nitrogen and oxygen atoms in total. The maximum Gasteiger partial charge on any atom is 0.0601 e. The molecular weight excluding hydrogens is 210 g/mol. The first-order chi connectivity index (χ1) is 7.43. The van der Waals surface area contributed by atoms with Gasteiger partial charge in [-0.3, -0.25) is 4.99 Å². The Kier molecular flexibility index (Phi) is 6.88. The van der Waals surface area contributed by atoms with E-state index in [0.717, 1.165) is 25.1 Å². The number of alkyl halides is 1. The second kappa shape index (κ2) is 8.45. The summed E-state index contributed by atoms with van der Waals surface area (Å²) in [5.41, 5.74) is 1.14. The molecule has 1 rings (SSSR count). The van der Waals surface area contributed by atoms with Crippen LogP contribution in [0.5, 0.6) is 0 Å². The Balaban J connectivity index is 2.07. The molecule has 0 N–H and O–H groups in total. The molecule has 0 atom stereocenters. The summed E-state index contributed by atoms with van der Waals surface area (Å²) in [6, 6.07) is 10.1. The van der Waals surface area contributed by atoms with Crippen LogP contribution in [-0.4, -0.2) is 31.9 Å². The smallest absolute Gasteiger partial charge is 0.0601 e. The van der Waals surface area contributed by atoms with Crippen molar-refractivity contribution in [2.75, 3.05) is 25.6 Å². The molecule has 0 radical (unpaired) electrons. The molecule has 0 aliphatic heterocycles. The van der Waals surface area contributed by atoms with Gasteiger partial charge in [-0.05, 0) is 12.0 Å². The van der Waals surface area contributed by atoms with Gasteiger partial charge in [0, 0.05) is 25.2 Å². The molecule has 0 fully saturated rings. The van der Waals surface area contributed by atoms with Crippen molar-refractivity contribution in [1.29, 1.82) is 0 Å². The average molecular weight is 226 g/mol. The number of aliphatic imine (C=N–C) groups is 1. The fourth-order valence-electron chi connectivity index (χ4n) is 1.12. The molecule has 82 valence electrons. The van der Waals surface area contributed by atoms with Crippen molar-refractivity contribution in [2.45, 2.75) is 6.42 Å². The van der Waals surface area contributed by atoms with Gasteiger partial charge in [0.05, 0.1) is 6.61 Å². The summed E-state index contributed by atoms with van der Waals surface area (Å²) in [4.78, 5) is 4.30. The number of hydrogen-bond acceptors (Lipinski definition) is 2. The largest absolute Gasteiger partial charge is 0.380 e. The standard InChI is InChI=1S/C12H16ClNO/c13-7-10-15-9-4-8-14-11-12-5-2-1-3-6-12/h1-3,5-6,11H,4,7-10H2. The minimum atomic E-state index is 0.563. The first-order valence-electron chi connectivity index (χ1n) is 5.12. The maximum absolute atomic E-state index is 5.47. The second-order valence-corrected chi connectivity index (χ2v) is 3.48. The Morgan fingerprint density at radius 3 is 2.73 bits per heavy atom. The first-order valence-corrected chi connectivity index (χ1v) is 5.65. The van der Waals surface area contributed by atoms with Crippen LogP contribution in [0.25, 0.3) is 0 Å². The van der Waals surface area contributed by atoms with Crippen molar-refractivity contribution in [3.63, 3.8) is 0 Å². The lowest BCUT2D eigenvalue weighted by Crippen LogP contribution is -1.99. The summed E-state index contributed by atoms with van der Waals surface area (Å²) in [5, 5.41) is 0. The molecular formula is C12H16ClNO. The van der Waals surface area contributed by atoms with Crippen LogP contribution in [0.2, 0.25) is 0 Å². The molecule has 0 saturated heterocycles. The van der Waals surface area contributed by atoms with Gasteiger partial charge in [0.15, 0.2) is 0 Å². The predicted octanol–water partition coefficient (Wildman–Crippen LogP) is 2.75. The van der Waals surface area contributed by atoms with Gasteiger partial charge in [-0.15, -0.1) is 11.6 Å². The highest BCUT2D eigenvalue weighted by Gasteiger charge is 1.87. The van der Waals surface area contributed by atoms with Crippen LogP contribution in [0.15, 0.2) is 35.3 Å². The molecule has 0 spiro atoms. The van der Waals surface area contributed by atoms with Crippen molar-refractivity contribution >= 4 is 17.8 Å². The van der Waals surface area contributed by atoms with Crippen molar-refractivity contribution in [2.24, 2.45) is 4.99 Å². The summed E-state index contributed by atoms with van der Waals surface area (Å²) in [7, 11) is 0. The van der Waals surface area contributed by atoms with Crippen LogP contribution in [0.3, 0.4) is 0 Å². The van der Waals surface area contributed by atoms with E-state index in [1.807, 2.05) is 36.5 Å². The SMILES string of the molecule is ClCCOCCCN=Cc1ccccc1. The van der Waals surface area contributed by atoms with Crippen molar-refractivity contribution in [1.82, 2.24) is 0 Å². The van der Waals surface area contributed by atoms with Gasteiger partial charge < -0.3 is 4.74 Å². The number of ether oxygens (including phenoxy) is 1. The third-order valence-corrected chi connectivity index (χ3v) is 1.99. The monoisotopic (exact) mass is 225 g/mol. The molecule has 3 heteroatoms. The Bertz CT molecular complexity index is 274. The summed E-state index contributed by atoms with van der Waals surface area (Å²) in [5.74, 6) is 0.563. The fraction of sp³-hybridized carbons (Fsp3) is 0.417. The zero-order valence-corrected chi connectivity index (χ0v) is 9.49. The molecule has 15 heavy (non-hydrogen) atoms. The zero-order valence-electron chi connectivity index (χ0n) is 8.73. The van der Waals surface area contributed by atoms with E-state index in [0.29, 0.717) is 12.5 Å². The molecule has 0 saturated carbocycles. The van der Waals surface area contributed by atoms with Gasteiger partial charge in [-0.1, -0.05) is 30.3 Å². The lowest BCUT2D eigenvalue weighted by molar-refractivity contribution is 0.148. The summed E-state index contributed by atoms with van der Waals surface area (Å²) >= 11 is 5.47. The summed E-state index contributed by atoms with van der Waals surface area (Å²) in [6.07, 6.45) is 2.84. The third-order valence-electron chi connectivity index (χ3n) is 1.84. The van der Waals surface area contributed by atoms with E-state index in [9.17, 15) is 0 Å². The van der Waals surface area contributed by atoms with E-state index in [2.05, 4.69) is 4.99 Å². The van der Waals surface area contributed by atoms with Crippen LogP contribution in [0.1, 0.15) is 12.0 Å². The number of halogens is 1. The Morgan fingerprint density at radius 2 is 2.00 bits per heavy atom. The second-order valence-electron chi connectivity index (χ2n) is 3.10. The molecule has 0 amide bonds. The highest BCUT2D eigenvalue weighted by atomic mass is 35.5.